The average Bonchev–Trinajstić information content (AvgIpc) is 2.39. The minimum Gasteiger partial charge on any atom is -0.384 e. The first kappa shape index (κ1) is 12.8. The van der Waals surface area contributed by atoms with Gasteiger partial charge in [0.05, 0.1) is 11.7 Å². The zero-order chi connectivity index (χ0) is 13.1. The van der Waals surface area contributed by atoms with E-state index in [1.54, 1.807) is 19.4 Å². The number of nitrogens with zero attached hydrogens (tertiary/aromatic N) is 2. The van der Waals surface area contributed by atoms with E-state index in [2.05, 4.69) is 16.8 Å². The predicted octanol–water partition coefficient (Wildman–Crippen LogP) is 1.23. The average molecular weight is 248 g/mol. The Morgan fingerprint density at radius 3 is 3.06 bits per heavy atom. The van der Waals surface area contributed by atoms with E-state index in [4.69, 9.17) is 15.9 Å². The number of nitrogens with two attached hydrogens (primary N) is 1. The summed E-state index contributed by atoms with van der Waals surface area (Å²) in [6, 6.07) is 3.64. The van der Waals surface area contributed by atoms with E-state index >= 15 is 0 Å². The lowest BCUT2D eigenvalue weighted by atomic mass is 9.95. The molecule has 1 aliphatic rings. The van der Waals surface area contributed by atoms with Crippen molar-refractivity contribution < 1.29 is 4.74 Å². The maximum atomic E-state index is 7.61. The summed E-state index contributed by atoms with van der Waals surface area (Å²) in [5, 5.41) is 7.61. The van der Waals surface area contributed by atoms with Crippen molar-refractivity contribution in [2.45, 2.75) is 19.4 Å². The second-order valence-corrected chi connectivity index (χ2v) is 4.77. The van der Waals surface area contributed by atoms with Crippen LogP contribution in [-0.4, -0.2) is 37.1 Å². The number of rotatable bonds is 3. The molecule has 0 bridgehead atoms. The number of nitrogens with one attached hydrogen (secondary N) is 1. The van der Waals surface area contributed by atoms with Gasteiger partial charge in [-0.3, -0.25) is 5.41 Å². The van der Waals surface area contributed by atoms with E-state index in [1.807, 2.05) is 6.07 Å². The number of methoxy groups -OCH3 is 1. The second-order valence-electron chi connectivity index (χ2n) is 4.77. The van der Waals surface area contributed by atoms with Crippen molar-refractivity contribution in [3.63, 3.8) is 0 Å². The number of hydrogen-bond donors (Lipinski definition) is 2. The molecule has 1 aromatic heterocycles. The van der Waals surface area contributed by atoms with E-state index < -0.39 is 0 Å². The lowest BCUT2D eigenvalue weighted by Crippen LogP contribution is -2.45. The van der Waals surface area contributed by atoms with Crippen LogP contribution in [0, 0.1) is 11.3 Å². The zero-order valence-electron chi connectivity index (χ0n) is 10.9. The SMILES string of the molecule is COC1CN(c2ncccc2C(=N)N)CCC1C. The van der Waals surface area contributed by atoms with E-state index in [0.29, 0.717) is 11.5 Å². The van der Waals surface area contributed by atoms with Crippen LogP contribution >= 0.6 is 0 Å². The van der Waals surface area contributed by atoms with Crippen LogP contribution in [0.15, 0.2) is 18.3 Å². The van der Waals surface area contributed by atoms with Crippen LogP contribution in [0.2, 0.25) is 0 Å². The van der Waals surface area contributed by atoms with Crippen LogP contribution in [0.1, 0.15) is 18.9 Å². The van der Waals surface area contributed by atoms with Crippen LogP contribution < -0.4 is 10.6 Å². The Kier molecular flexibility index (Phi) is 3.81. The van der Waals surface area contributed by atoms with Crippen molar-refractivity contribution in [3.8, 4) is 0 Å². The summed E-state index contributed by atoms with van der Waals surface area (Å²) in [4.78, 5) is 6.52. The number of nitrogen functional groups attached to an aromatic ring is 1. The molecule has 0 spiro atoms. The first-order valence-electron chi connectivity index (χ1n) is 6.20. The van der Waals surface area contributed by atoms with Gasteiger partial charge in [-0.1, -0.05) is 6.92 Å². The highest BCUT2D eigenvalue weighted by atomic mass is 16.5. The summed E-state index contributed by atoms with van der Waals surface area (Å²) in [6.45, 7) is 3.93. The normalized spacial score (nSPS) is 24.0. The van der Waals surface area contributed by atoms with Crippen molar-refractivity contribution in [2.75, 3.05) is 25.1 Å². The molecule has 98 valence electrons. The molecule has 0 radical (unpaired) electrons. The van der Waals surface area contributed by atoms with Crippen molar-refractivity contribution in [3.05, 3.63) is 23.9 Å². The van der Waals surface area contributed by atoms with Crippen LogP contribution in [0.3, 0.4) is 0 Å². The minimum absolute atomic E-state index is 0.0608. The summed E-state index contributed by atoms with van der Waals surface area (Å²) < 4.78 is 5.50. The third-order valence-electron chi connectivity index (χ3n) is 3.57. The summed E-state index contributed by atoms with van der Waals surface area (Å²) in [7, 11) is 1.75. The van der Waals surface area contributed by atoms with Crippen molar-refractivity contribution in [1.82, 2.24) is 4.98 Å². The maximum Gasteiger partial charge on any atom is 0.139 e. The fourth-order valence-corrected chi connectivity index (χ4v) is 2.39. The van der Waals surface area contributed by atoms with Crippen molar-refractivity contribution in [2.24, 2.45) is 11.7 Å². The van der Waals surface area contributed by atoms with Gasteiger partial charge < -0.3 is 15.4 Å². The number of ether oxygens (including phenoxy) is 1. The van der Waals surface area contributed by atoms with Crippen molar-refractivity contribution >= 4 is 11.7 Å². The number of hydrogen-bond acceptors (Lipinski definition) is 4. The van der Waals surface area contributed by atoms with E-state index in [1.165, 1.54) is 0 Å². The number of piperidine rings is 1. The standard InChI is InChI=1S/C13H20N4O/c1-9-5-7-17(8-11(9)18-2)13-10(12(14)15)4-3-6-16-13/h3-4,6,9,11H,5,7-8H2,1-2H3,(H3,14,15). The summed E-state index contributed by atoms with van der Waals surface area (Å²) in [5.41, 5.74) is 6.30. The molecule has 1 saturated heterocycles. The van der Waals surface area contributed by atoms with Crippen LogP contribution in [-0.2, 0) is 4.74 Å². The second kappa shape index (κ2) is 5.35. The summed E-state index contributed by atoms with van der Waals surface area (Å²) in [5.74, 6) is 1.40. The fraction of sp³-hybridized carbons (Fsp3) is 0.538. The molecular weight excluding hydrogens is 228 g/mol. The quantitative estimate of drug-likeness (QED) is 0.623. The van der Waals surface area contributed by atoms with E-state index in [0.717, 1.165) is 25.3 Å². The van der Waals surface area contributed by atoms with Crippen molar-refractivity contribution in [1.29, 1.82) is 5.41 Å². The van der Waals surface area contributed by atoms with Gasteiger partial charge in [0.15, 0.2) is 0 Å². The van der Waals surface area contributed by atoms with Gasteiger partial charge >= 0.3 is 0 Å². The molecule has 0 saturated carbocycles. The first-order chi connectivity index (χ1) is 8.63. The molecule has 5 heteroatoms. The lowest BCUT2D eigenvalue weighted by molar-refractivity contribution is 0.0496. The number of pyridine rings is 1. The maximum absolute atomic E-state index is 7.61. The smallest absolute Gasteiger partial charge is 0.139 e. The number of anilines is 1. The topological polar surface area (TPSA) is 75.2 Å². The Balaban J connectivity index is 2.24. The molecule has 0 aromatic carbocycles. The third kappa shape index (κ3) is 2.46. The molecule has 1 aromatic rings. The Labute approximate surface area is 107 Å². The number of aromatic nitrogens is 1. The van der Waals surface area contributed by atoms with Gasteiger partial charge in [-0.2, -0.15) is 0 Å². The molecule has 1 fully saturated rings. The zero-order valence-corrected chi connectivity index (χ0v) is 10.9. The fourth-order valence-electron chi connectivity index (χ4n) is 2.39. The Morgan fingerprint density at radius 1 is 1.61 bits per heavy atom. The minimum atomic E-state index is 0.0608. The largest absolute Gasteiger partial charge is 0.384 e. The van der Waals surface area contributed by atoms with E-state index in [9.17, 15) is 0 Å². The van der Waals surface area contributed by atoms with Gasteiger partial charge in [0.1, 0.15) is 11.7 Å². The Morgan fingerprint density at radius 2 is 2.39 bits per heavy atom. The molecule has 3 N–H and O–H groups in total. The third-order valence-corrected chi connectivity index (χ3v) is 3.57. The molecule has 0 amide bonds. The first-order valence-corrected chi connectivity index (χ1v) is 6.20. The molecule has 2 atom stereocenters. The monoisotopic (exact) mass is 248 g/mol. The Bertz CT molecular complexity index is 435. The van der Waals surface area contributed by atoms with Gasteiger partial charge in [0, 0.05) is 26.4 Å². The molecule has 1 aliphatic heterocycles. The van der Waals surface area contributed by atoms with Crippen LogP contribution in [0.25, 0.3) is 0 Å². The highest BCUT2D eigenvalue weighted by Gasteiger charge is 2.28. The van der Waals surface area contributed by atoms with E-state index in [-0.39, 0.29) is 11.9 Å². The molecule has 2 unspecified atom stereocenters. The molecule has 2 heterocycles. The van der Waals surface area contributed by atoms with Gasteiger partial charge in [-0.05, 0) is 24.5 Å². The summed E-state index contributed by atoms with van der Waals surface area (Å²) in [6.07, 6.45) is 3.01. The van der Waals surface area contributed by atoms with Gasteiger partial charge in [0.2, 0.25) is 0 Å². The van der Waals surface area contributed by atoms with Crippen LogP contribution in [0.5, 0.6) is 0 Å². The highest BCUT2D eigenvalue weighted by molar-refractivity contribution is 5.99. The van der Waals surface area contributed by atoms with Gasteiger partial charge in [-0.25, -0.2) is 4.98 Å². The number of amidine groups is 1. The highest BCUT2D eigenvalue weighted by Crippen LogP contribution is 2.25. The predicted molar refractivity (Wildman–Crippen MR) is 72.0 cm³/mol. The molecule has 5 nitrogen and oxygen atoms in total. The van der Waals surface area contributed by atoms with Crippen LogP contribution in [0.4, 0.5) is 5.82 Å². The Hall–Kier alpha value is -1.62. The summed E-state index contributed by atoms with van der Waals surface area (Å²) >= 11 is 0. The lowest BCUT2D eigenvalue weighted by Gasteiger charge is -2.37. The molecule has 18 heavy (non-hydrogen) atoms. The van der Waals surface area contributed by atoms with Gasteiger partial charge in [-0.15, -0.1) is 0 Å². The molecule has 2 rings (SSSR count). The molecular formula is C13H20N4O. The molecule has 0 aliphatic carbocycles. The van der Waals surface area contributed by atoms with Gasteiger partial charge in [0.25, 0.3) is 0 Å².